The summed E-state index contributed by atoms with van der Waals surface area (Å²) >= 11 is 2.56. The van der Waals surface area contributed by atoms with Crippen molar-refractivity contribution in [2.24, 2.45) is 5.92 Å². The Morgan fingerprint density at radius 1 is 1.07 bits per heavy atom. The topological polar surface area (TPSA) is 123 Å². The van der Waals surface area contributed by atoms with Crippen molar-refractivity contribution in [3.05, 3.63) is 68.8 Å². The number of methoxy groups -OCH3 is 1. The van der Waals surface area contributed by atoms with Crippen LogP contribution in [0.25, 0.3) is 15.9 Å². The molecular formula is C31H30N2O8S2. The van der Waals surface area contributed by atoms with Crippen LogP contribution in [-0.2, 0) is 27.4 Å². The van der Waals surface area contributed by atoms with Crippen molar-refractivity contribution in [2.45, 2.75) is 52.0 Å². The minimum Gasteiger partial charge on any atom is -0.497 e. The molecule has 10 nitrogen and oxygen atoms in total. The van der Waals surface area contributed by atoms with Crippen molar-refractivity contribution in [2.75, 3.05) is 12.9 Å². The number of hydrogen-bond acceptors (Lipinski definition) is 11. The number of carbonyl (C=O) groups excluding carboxylic acids is 3. The van der Waals surface area contributed by atoms with Gasteiger partial charge >= 0.3 is 11.9 Å². The Morgan fingerprint density at radius 3 is 2.42 bits per heavy atom. The van der Waals surface area contributed by atoms with E-state index in [1.54, 1.807) is 31.4 Å². The molecule has 4 aromatic rings. The molecule has 0 amide bonds. The number of ketones is 1. The van der Waals surface area contributed by atoms with Gasteiger partial charge in [0.15, 0.2) is 22.4 Å². The maximum Gasteiger partial charge on any atom is 0.308 e. The standard InChI is InChI=1S/C31H30N2O8S2/c1-16(2)25-13-22-27(14-39-25)43-29-28(22)30(37)33(20-7-9-21(38-5)10-8-20)31(32-29)42-15-23(36)19-6-11-24(40-17(3)34)26(12-19)41-18(4)35/h6-12,16,25H,13-15H2,1-5H3. The molecule has 0 saturated heterocycles. The van der Waals surface area contributed by atoms with E-state index >= 15 is 0 Å². The highest BCUT2D eigenvalue weighted by Crippen LogP contribution is 2.37. The first-order valence-electron chi connectivity index (χ1n) is 13.6. The van der Waals surface area contributed by atoms with Crippen LogP contribution in [0.3, 0.4) is 0 Å². The Labute approximate surface area is 255 Å². The van der Waals surface area contributed by atoms with Crippen LogP contribution in [0.1, 0.15) is 48.5 Å². The number of Topliss-reactive ketones (excluding diaryl/α,β-unsaturated/α-hetero) is 1. The molecule has 0 fully saturated rings. The van der Waals surface area contributed by atoms with E-state index in [-0.39, 0.29) is 40.3 Å². The monoisotopic (exact) mass is 622 g/mol. The molecule has 3 heterocycles. The van der Waals surface area contributed by atoms with E-state index in [9.17, 15) is 19.2 Å². The molecule has 43 heavy (non-hydrogen) atoms. The zero-order valence-electron chi connectivity index (χ0n) is 24.3. The fourth-order valence-electron chi connectivity index (χ4n) is 4.76. The molecular weight excluding hydrogens is 592 g/mol. The lowest BCUT2D eigenvalue weighted by Crippen LogP contribution is -2.28. The third kappa shape index (κ3) is 6.51. The molecule has 2 aromatic heterocycles. The molecule has 1 unspecified atom stereocenters. The first kappa shape index (κ1) is 30.5. The second-order valence-electron chi connectivity index (χ2n) is 10.3. The van der Waals surface area contributed by atoms with Gasteiger partial charge in [0, 0.05) is 30.7 Å². The average Bonchev–Trinajstić information content (AvgIpc) is 3.34. The third-order valence-corrected chi connectivity index (χ3v) is 8.93. The van der Waals surface area contributed by atoms with Gasteiger partial charge in [-0.05, 0) is 53.9 Å². The van der Waals surface area contributed by atoms with Gasteiger partial charge in [-0.3, -0.25) is 23.7 Å². The van der Waals surface area contributed by atoms with Gasteiger partial charge in [-0.2, -0.15) is 0 Å². The molecule has 2 aromatic carbocycles. The van der Waals surface area contributed by atoms with Crippen LogP contribution >= 0.6 is 23.1 Å². The zero-order chi connectivity index (χ0) is 30.8. The lowest BCUT2D eigenvalue weighted by atomic mass is 9.96. The van der Waals surface area contributed by atoms with Crippen LogP contribution in [0.15, 0.2) is 52.4 Å². The van der Waals surface area contributed by atoms with Crippen LogP contribution in [0.4, 0.5) is 0 Å². The number of esters is 2. The third-order valence-electron chi connectivity index (χ3n) is 6.89. The molecule has 1 atom stereocenters. The molecule has 12 heteroatoms. The number of thioether (sulfide) groups is 1. The van der Waals surface area contributed by atoms with Crippen molar-refractivity contribution < 1.29 is 33.3 Å². The summed E-state index contributed by atoms with van der Waals surface area (Å²) < 4.78 is 23.1. The lowest BCUT2D eigenvalue weighted by molar-refractivity contribution is -0.134. The molecule has 1 aliphatic rings. The summed E-state index contributed by atoms with van der Waals surface area (Å²) in [7, 11) is 1.57. The summed E-state index contributed by atoms with van der Waals surface area (Å²) in [6.45, 7) is 7.06. The predicted octanol–water partition coefficient (Wildman–Crippen LogP) is 5.38. The summed E-state index contributed by atoms with van der Waals surface area (Å²) in [6.07, 6.45) is 0.640. The smallest absolute Gasteiger partial charge is 0.308 e. The highest BCUT2D eigenvalue weighted by atomic mass is 32.2. The highest BCUT2D eigenvalue weighted by Gasteiger charge is 2.29. The highest BCUT2D eigenvalue weighted by molar-refractivity contribution is 7.99. The van der Waals surface area contributed by atoms with Crippen molar-refractivity contribution in [1.82, 2.24) is 9.55 Å². The Bertz CT molecular complexity index is 1780. The van der Waals surface area contributed by atoms with Gasteiger partial charge < -0.3 is 18.9 Å². The Balaban J connectivity index is 1.53. The summed E-state index contributed by atoms with van der Waals surface area (Å²) in [5, 5.41) is 0.931. The van der Waals surface area contributed by atoms with E-state index in [1.165, 1.54) is 48.0 Å². The fourth-order valence-corrected chi connectivity index (χ4v) is 6.83. The molecule has 0 aliphatic carbocycles. The fraction of sp³-hybridized carbons (Fsp3) is 0.323. The quantitative estimate of drug-likeness (QED) is 0.0791. The SMILES string of the molecule is COc1ccc(-n2c(SCC(=O)c3ccc(OC(C)=O)c(OC(C)=O)c3)nc3sc4c(c3c2=O)CC(C(C)C)OC4)cc1. The number of ether oxygens (including phenoxy) is 4. The number of benzene rings is 2. The maximum atomic E-state index is 14.2. The van der Waals surface area contributed by atoms with Gasteiger partial charge in [0.05, 0.1) is 36.6 Å². The molecule has 0 N–H and O–H groups in total. The van der Waals surface area contributed by atoms with Gasteiger partial charge in [-0.15, -0.1) is 11.3 Å². The maximum absolute atomic E-state index is 14.2. The molecule has 0 saturated carbocycles. The van der Waals surface area contributed by atoms with Gasteiger partial charge in [-0.25, -0.2) is 4.98 Å². The van der Waals surface area contributed by atoms with E-state index in [0.29, 0.717) is 45.8 Å². The average molecular weight is 623 g/mol. The summed E-state index contributed by atoms with van der Waals surface area (Å²) in [4.78, 5) is 57.0. The van der Waals surface area contributed by atoms with Crippen LogP contribution in [0.5, 0.6) is 17.2 Å². The minimum atomic E-state index is -0.628. The largest absolute Gasteiger partial charge is 0.497 e. The first-order valence-corrected chi connectivity index (χ1v) is 15.4. The van der Waals surface area contributed by atoms with Crippen LogP contribution in [0.2, 0.25) is 0 Å². The van der Waals surface area contributed by atoms with Gasteiger partial charge in [-0.1, -0.05) is 25.6 Å². The van der Waals surface area contributed by atoms with Crippen LogP contribution in [0, 0.1) is 5.92 Å². The molecule has 5 rings (SSSR count). The van der Waals surface area contributed by atoms with E-state index < -0.39 is 11.9 Å². The molecule has 1 aliphatic heterocycles. The van der Waals surface area contributed by atoms with Crippen molar-refractivity contribution >= 4 is 51.0 Å². The van der Waals surface area contributed by atoms with E-state index in [0.717, 1.165) is 22.2 Å². The molecule has 0 bridgehead atoms. The van der Waals surface area contributed by atoms with Crippen LogP contribution in [-0.4, -0.2) is 46.2 Å². The minimum absolute atomic E-state index is 0.00918. The van der Waals surface area contributed by atoms with Gasteiger partial charge in [0.25, 0.3) is 5.56 Å². The van der Waals surface area contributed by atoms with Crippen molar-refractivity contribution in [3.8, 4) is 22.9 Å². The normalized spacial score (nSPS) is 14.4. The summed E-state index contributed by atoms with van der Waals surface area (Å²) in [5.74, 6) is -0.672. The number of carbonyl (C=O) groups is 3. The number of thiophene rings is 1. The lowest BCUT2D eigenvalue weighted by Gasteiger charge is -2.26. The second-order valence-corrected chi connectivity index (χ2v) is 12.3. The Morgan fingerprint density at radius 2 is 1.77 bits per heavy atom. The van der Waals surface area contributed by atoms with Crippen molar-refractivity contribution in [1.29, 1.82) is 0 Å². The summed E-state index contributed by atoms with van der Waals surface area (Å²) in [5.41, 5.74) is 1.59. The van der Waals surface area contributed by atoms with E-state index in [1.807, 2.05) is 0 Å². The first-order chi connectivity index (χ1) is 20.5. The van der Waals surface area contributed by atoms with Gasteiger partial charge in [0.1, 0.15) is 10.6 Å². The van der Waals surface area contributed by atoms with E-state index in [2.05, 4.69) is 13.8 Å². The molecule has 0 spiro atoms. The number of hydrogen-bond donors (Lipinski definition) is 0. The second kappa shape index (κ2) is 12.7. The molecule has 0 radical (unpaired) electrons. The number of nitrogens with zero attached hydrogens (tertiary/aromatic N) is 2. The van der Waals surface area contributed by atoms with E-state index in [4.69, 9.17) is 23.9 Å². The Kier molecular flexibility index (Phi) is 9.00. The number of rotatable bonds is 9. The zero-order valence-corrected chi connectivity index (χ0v) is 25.9. The van der Waals surface area contributed by atoms with Gasteiger partial charge in [0.2, 0.25) is 0 Å². The van der Waals surface area contributed by atoms with Crippen LogP contribution < -0.4 is 19.8 Å². The Hall–Kier alpha value is -4.00. The molecule has 224 valence electrons. The number of fused-ring (bicyclic) bond motifs is 3. The number of aromatic nitrogens is 2. The summed E-state index contributed by atoms with van der Waals surface area (Å²) in [6, 6.07) is 11.3. The predicted molar refractivity (Wildman–Crippen MR) is 163 cm³/mol. The van der Waals surface area contributed by atoms with Crippen molar-refractivity contribution in [3.63, 3.8) is 0 Å².